The summed E-state index contributed by atoms with van der Waals surface area (Å²) in [7, 11) is 0. The van der Waals surface area contributed by atoms with E-state index in [9.17, 15) is 5.11 Å². The van der Waals surface area contributed by atoms with Gasteiger partial charge in [-0.3, -0.25) is 0 Å². The maximum absolute atomic E-state index is 9.84. The van der Waals surface area contributed by atoms with Gasteiger partial charge in [0, 0.05) is 6.54 Å². The molecule has 1 aromatic rings. The van der Waals surface area contributed by atoms with Crippen LogP contribution >= 0.6 is 0 Å². The molecule has 1 N–H and O–H groups in total. The molecule has 0 aliphatic carbocycles. The standard InChI is InChI=1S/C14H20N2O2/c1-3-16(4-2)10-13(17)11-18-14-7-5-6-12(8-14)9-15/h5-8,13,17H,3-4,10-11H2,1-2H3. The lowest BCUT2D eigenvalue weighted by atomic mass is 10.2. The fourth-order valence-electron chi connectivity index (χ4n) is 1.68. The predicted octanol–water partition coefficient (Wildman–Crippen LogP) is 1.64. The minimum Gasteiger partial charge on any atom is -0.491 e. The van der Waals surface area contributed by atoms with Gasteiger partial charge in [0.15, 0.2) is 0 Å². The van der Waals surface area contributed by atoms with Gasteiger partial charge < -0.3 is 14.7 Å². The Labute approximate surface area is 108 Å². The highest BCUT2D eigenvalue weighted by Crippen LogP contribution is 2.12. The SMILES string of the molecule is CCN(CC)CC(O)COc1cccc(C#N)c1. The van der Waals surface area contributed by atoms with Gasteiger partial charge in [0.25, 0.3) is 0 Å². The first-order valence-electron chi connectivity index (χ1n) is 6.23. The summed E-state index contributed by atoms with van der Waals surface area (Å²) >= 11 is 0. The van der Waals surface area contributed by atoms with Gasteiger partial charge in [-0.2, -0.15) is 5.26 Å². The van der Waals surface area contributed by atoms with Crippen molar-refractivity contribution in [1.29, 1.82) is 5.26 Å². The number of ether oxygens (including phenoxy) is 1. The number of nitrogens with zero attached hydrogens (tertiary/aromatic N) is 2. The maximum atomic E-state index is 9.84. The van der Waals surface area contributed by atoms with E-state index in [1.54, 1.807) is 24.3 Å². The Balaban J connectivity index is 2.42. The summed E-state index contributed by atoms with van der Waals surface area (Å²) < 4.78 is 5.47. The van der Waals surface area contributed by atoms with Crippen LogP contribution in [-0.2, 0) is 0 Å². The minimum atomic E-state index is -0.518. The lowest BCUT2D eigenvalue weighted by molar-refractivity contribution is 0.0716. The lowest BCUT2D eigenvalue weighted by Gasteiger charge is -2.21. The molecule has 0 bridgehead atoms. The van der Waals surface area contributed by atoms with E-state index in [0.29, 0.717) is 17.9 Å². The van der Waals surface area contributed by atoms with Crippen LogP contribution < -0.4 is 4.74 Å². The van der Waals surface area contributed by atoms with Gasteiger partial charge >= 0.3 is 0 Å². The molecule has 1 atom stereocenters. The number of aliphatic hydroxyl groups excluding tert-OH is 1. The summed E-state index contributed by atoms with van der Waals surface area (Å²) in [5, 5.41) is 18.6. The third-order valence-electron chi connectivity index (χ3n) is 2.77. The van der Waals surface area contributed by atoms with Crippen molar-refractivity contribution in [3.63, 3.8) is 0 Å². The lowest BCUT2D eigenvalue weighted by Crippen LogP contribution is -2.35. The highest BCUT2D eigenvalue weighted by Gasteiger charge is 2.09. The molecule has 0 radical (unpaired) electrons. The first-order valence-corrected chi connectivity index (χ1v) is 6.23. The Morgan fingerprint density at radius 3 is 2.72 bits per heavy atom. The van der Waals surface area contributed by atoms with Gasteiger partial charge in [0.1, 0.15) is 18.5 Å². The number of rotatable bonds is 7. The number of aliphatic hydroxyl groups is 1. The van der Waals surface area contributed by atoms with Crippen LogP contribution in [0.15, 0.2) is 24.3 Å². The first-order chi connectivity index (χ1) is 8.69. The molecule has 1 rings (SSSR count). The Hall–Kier alpha value is -1.57. The number of hydrogen-bond acceptors (Lipinski definition) is 4. The van der Waals surface area contributed by atoms with Crippen LogP contribution in [0, 0.1) is 11.3 Å². The Kier molecular flexibility index (Phi) is 6.20. The van der Waals surface area contributed by atoms with Crippen molar-refractivity contribution in [2.75, 3.05) is 26.2 Å². The molecule has 0 aliphatic rings. The highest BCUT2D eigenvalue weighted by molar-refractivity contribution is 5.36. The molecule has 0 spiro atoms. The van der Waals surface area contributed by atoms with E-state index in [1.165, 1.54) is 0 Å². The monoisotopic (exact) mass is 248 g/mol. The van der Waals surface area contributed by atoms with Crippen molar-refractivity contribution >= 4 is 0 Å². The average Bonchev–Trinajstić information content (AvgIpc) is 2.42. The molecule has 4 nitrogen and oxygen atoms in total. The minimum absolute atomic E-state index is 0.241. The molecule has 4 heteroatoms. The van der Waals surface area contributed by atoms with Crippen LogP contribution in [0.5, 0.6) is 5.75 Å². The van der Waals surface area contributed by atoms with Crippen LogP contribution in [-0.4, -0.2) is 42.4 Å². The van der Waals surface area contributed by atoms with Crippen LogP contribution in [0.1, 0.15) is 19.4 Å². The Bertz CT molecular complexity index is 397. The molecule has 18 heavy (non-hydrogen) atoms. The third kappa shape index (κ3) is 4.74. The quantitative estimate of drug-likeness (QED) is 0.797. The highest BCUT2D eigenvalue weighted by atomic mass is 16.5. The van der Waals surface area contributed by atoms with Crippen molar-refractivity contribution in [3.8, 4) is 11.8 Å². The number of benzene rings is 1. The van der Waals surface area contributed by atoms with E-state index >= 15 is 0 Å². The second-order valence-corrected chi connectivity index (χ2v) is 4.09. The zero-order valence-corrected chi connectivity index (χ0v) is 11.0. The van der Waals surface area contributed by atoms with Crippen LogP contribution in [0.3, 0.4) is 0 Å². The van der Waals surface area contributed by atoms with Crippen LogP contribution in [0.25, 0.3) is 0 Å². The van der Waals surface area contributed by atoms with E-state index in [4.69, 9.17) is 10.00 Å². The molecule has 1 unspecified atom stereocenters. The Morgan fingerprint density at radius 1 is 1.39 bits per heavy atom. The molecule has 1 aromatic carbocycles. The zero-order valence-electron chi connectivity index (χ0n) is 11.0. The van der Waals surface area contributed by atoms with Gasteiger partial charge in [0.05, 0.1) is 11.6 Å². The summed E-state index contributed by atoms with van der Waals surface area (Å²) in [6, 6.07) is 9.00. The van der Waals surface area contributed by atoms with Crippen molar-refractivity contribution in [3.05, 3.63) is 29.8 Å². The largest absolute Gasteiger partial charge is 0.491 e. The van der Waals surface area contributed by atoms with E-state index in [0.717, 1.165) is 13.1 Å². The number of hydrogen-bond donors (Lipinski definition) is 1. The predicted molar refractivity (Wildman–Crippen MR) is 70.4 cm³/mol. The summed E-state index contributed by atoms with van der Waals surface area (Å²) in [4.78, 5) is 2.14. The van der Waals surface area contributed by atoms with Gasteiger partial charge in [-0.15, -0.1) is 0 Å². The van der Waals surface area contributed by atoms with Crippen molar-refractivity contribution < 1.29 is 9.84 Å². The molecule has 0 aliphatic heterocycles. The molecule has 0 saturated carbocycles. The van der Waals surface area contributed by atoms with E-state index < -0.39 is 6.10 Å². The molecule has 0 aromatic heterocycles. The van der Waals surface area contributed by atoms with E-state index in [2.05, 4.69) is 24.8 Å². The second-order valence-electron chi connectivity index (χ2n) is 4.09. The van der Waals surface area contributed by atoms with Crippen LogP contribution in [0.4, 0.5) is 0 Å². The number of nitriles is 1. The normalized spacial score (nSPS) is 12.2. The molecule has 0 saturated heterocycles. The zero-order chi connectivity index (χ0) is 13.4. The molecule has 98 valence electrons. The molecule has 0 amide bonds. The van der Waals surface area contributed by atoms with Gasteiger partial charge in [-0.05, 0) is 31.3 Å². The number of likely N-dealkylation sites (N-methyl/N-ethyl adjacent to an activating group) is 1. The summed E-state index contributed by atoms with van der Waals surface area (Å²) in [5.41, 5.74) is 0.561. The summed E-state index contributed by atoms with van der Waals surface area (Å²) in [6.45, 7) is 6.80. The van der Waals surface area contributed by atoms with E-state index in [-0.39, 0.29) is 6.61 Å². The van der Waals surface area contributed by atoms with Gasteiger partial charge in [-0.25, -0.2) is 0 Å². The van der Waals surface area contributed by atoms with Crippen LogP contribution in [0.2, 0.25) is 0 Å². The fourth-order valence-corrected chi connectivity index (χ4v) is 1.68. The first kappa shape index (κ1) is 14.5. The van der Waals surface area contributed by atoms with Crippen molar-refractivity contribution in [2.24, 2.45) is 0 Å². The van der Waals surface area contributed by atoms with E-state index in [1.807, 2.05) is 0 Å². The second kappa shape index (κ2) is 7.70. The van der Waals surface area contributed by atoms with Crippen molar-refractivity contribution in [1.82, 2.24) is 4.90 Å². The summed E-state index contributed by atoms with van der Waals surface area (Å²) in [5.74, 6) is 0.618. The van der Waals surface area contributed by atoms with Gasteiger partial charge in [0.2, 0.25) is 0 Å². The van der Waals surface area contributed by atoms with Crippen molar-refractivity contribution in [2.45, 2.75) is 20.0 Å². The average molecular weight is 248 g/mol. The maximum Gasteiger partial charge on any atom is 0.120 e. The molecular formula is C14H20N2O2. The topological polar surface area (TPSA) is 56.5 Å². The molecular weight excluding hydrogens is 228 g/mol. The Morgan fingerprint density at radius 2 is 2.11 bits per heavy atom. The summed E-state index contributed by atoms with van der Waals surface area (Å²) in [6.07, 6.45) is -0.518. The molecule has 0 heterocycles. The van der Waals surface area contributed by atoms with Gasteiger partial charge in [-0.1, -0.05) is 19.9 Å². The third-order valence-corrected chi connectivity index (χ3v) is 2.77. The molecule has 0 fully saturated rings. The smallest absolute Gasteiger partial charge is 0.120 e. The fraction of sp³-hybridized carbons (Fsp3) is 0.500.